The summed E-state index contributed by atoms with van der Waals surface area (Å²) in [5.74, 6) is -3.71. The molecule has 0 fully saturated rings. The Balaban J connectivity index is 2.71. The zero-order chi connectivity index (χ0) is 12.1. The van der Waals surface area contributed by atoms with Gasteiger partial charge in [-0.15, -0.1) is 0 Å². The lowest BCUT2D eigenvalue weighted by Crippen LogP contribution is -2.20. The minimum absolute atomic E-state index is 0.0852. The average Bonchev–Trinajstić information content (AvgIpc) is 2.19. The molecule has 1 aromatic carbocycles. The van der Waals surface area contributed by atoms with E-state index in [1.54, 1.807) is 0 Å². The number of hydrogen-bond donors (Lipinski definition) is 2. The SMILES string of the molecule is O=C(O)CC(Cc1ccc(F)cc1)C(=O)O. The van der Waals surface area contributed by atoms with Crippen LogP contribution in [0.5, 0.6) is 0 Å². The van der Waals surface area contributed by atoms with Crippen LogP contribution >= 0.6 is 0 Å². The first-order valence-corrected chi connectivity index (χ1v) is 4.68. The summed E-state index contributed by atoms with van der Waals surface area (Å²) in [6, 6.07) is 5.34. The first-order chi connectivity index (χ1) is 7.49. The van der Waals surface area contributed by atoms with E-state index in [-0.39, 0.29) is 6.42 Å². The monoisotopic (exact) mass is 226 g/mol. The summed E-state index contributed by atoms with van der Waals surface area (Å²) in [7, 11) is 0. The number of carboxylic acids is 2. The van der Waals surface area contributed by atoms with Crippen LogP contribution in [0.15, 0.2) is 24.3 Å². The molecule has 0 radical (unpaired) electrons. The first-order valence-electron chi connectivity index (χ1n) is 4.68. The fourth-order valence-corrected chi connectivity index (χ4v) is 1.36. The summed E-state index contributed by atoms with van der Waals surface area (Å²) >= 11 is 0. The van der Waals surface area contributed by atoms with E-state index in [2.05, 4.69) is 0 Å². The number of aliphatic carboxylic acids is 2. The van der Waals surface area contributed by atoms with Crippen LogP contribution < -0.4 is 0 Å². The van der Waals surface area contributed by atoms with Crippen molar-refractivity contribution in [1.29, 1.82) is 0 Å². The predicted octanol–water partition coefficient (Wildman–Crippen LogP) is 1.54. The van der Waals surface area contributed by atoms with Crippen LogP contribution in [-0.2, 0) is 16.0 Å². The third-order valence-electron chi connectivity index (χ3n) is 2.17. The van der Waals surface area contributed by atoms with Gasteiger partial charge >= 0.3 is 11.9 Å². The highest BCUT2D eigenvalue weighted by Gasteiger charge is 2.21. The molecule has 2 N–H and O–H groups in total. The van der Waals surface area contributed by atoms with Crippen molar-refractivity contribution in [3.8, 4) is 0 Å². The highest BCUT2D eigenvalue weighted by atomic mass is 19.1. The van der Waals surface area contributed by atoms with Crippen LogP contribution in [0, 0.1) is 11.7 Å². The lowest BCUT2D eigenvalue weighted by molar-refractivity contribution is -0.148. The molecule has 1 atom stereocenters. The van der Waals surface area contributed by atoms with Crippen LogP contribution in [0.2, 0.25) is 0 Å². The van der Waals surface area contributed by atoms with Gasteiger partial charge in [-0.1, -0.05) is 12.1 Å². The van der Waals surface area contributed by atoms with Crippen molar-refractivity contribution in [3.63, 3.8) is 0 Å². The second-order valence-electron chi connectivity index (χ2n) is 3.46. The van der Waals surface area contributed by atoms with Crippen molar-refractivity contribution < 1.29 is 24.2 Å². The normalized spacial score (nSPS) is 12.1. The molecule has 0 aliphatic heterocycles. The van der Waals surface area contributed by atoms with Crippen LogP contribution in [-0.4, -0.2) is 22.2 Å². The summed E-state index contributed by atoms with van der Waals surface area (Å²) in [6.45, 7) is 0. The number of rotatable bonds is 5. The maximum absolute atomic E-state index is 12.6. The Morgan fingerprint density at radius 3 is 2.19 bits per heavy atom. The number of carbonyl (C=O) groups is 2. The summed E-state index contributed by atoms with van der Waals surface area (Å²) < 4.78 is 12.6. The molecular weight excluding hydrogens is 215 g/mol. The predicted molar refractivity (Wildman–Crippen MR) is 53.5 cm³/mol. The van der Waals surface area contributed by atoms with Gasteiger partial charge in [-0.3, -0.25) is 9.59 Å². The molecule has 0 aliphatic carbocycles. The van der Waals surface area contributed by atoms with E-state index < -0.39 is 30.1 Å². The maximum Gasteiger partial charge on any atom is 0.307 e. The van der Waals surface area contributed by atoms with Gasteiger partial charge in [0.25, 0.3) is 0 Å². The molecule has 0 spiro atoms. The molecule has 1 rings (SSSR count). The van der Waals surface area contributed by atoms with E-state index in [4.69, 9.17) is 10.2 Å². The third kappa shape index (κ3) is 3.68. The summed E-state index contributed by atoms with van der Waals surface area (Å²) in [6.07, 6.45) is -0.353. The van der Waals surface area contributed by atoms with Crippen molar-refractivity contribution in [3.05, 3.63) is 35.6 Å². The lowest BCUT2D eigenvalue weighted by Gasteiger charge is -2.09. The van der Waals surface area contributed by atoms with Gasteiger partial charge in [0.1, 0.15) is 5.82 Å². The Morgan fingerprint density at radius 1 is 1.19 bits per heavy atom. The summed E-state index contributed by atoms with van der Waals surface area (Å²) in [5, 5.41) is 17.3. The van der Waals surface area contributed by atoms with Crippen molar-refractivity contribution in [2.24, 2.45) is 5.92 Å². The number of hydrogen-bond acceptors (Lipinski definition) is 2. The Labute approximate surface area is 91.3 Å². The molecule has 1 unspecified atom stereocenters. The molecule has 0 saturated heterocycles. The fraction of sp³-hybridized carbons (Fsp3) is 0.273. The molecule has 0 bridgehead atoms. The van der Waals surface area contributed by atoms with E-state index in [0.29, 0.717) is 5.56 Å². The third-order valence-corrected chi connectivity index (χ3v) is 2.17. The molecule has 16 heavy (non-hydrogen) atoms. The second kappa shape index (κ2) is 5.25. The standard InChI is InChI=1S/C11H11FO4/c12-9-3-1-7(2-4-9)5-8(11(15)16)6-10(13)14/h1-4,8H,5-6H2,(H,13,14)(H,15,16). The van der Waals surface area contributed by atoms with Gasteiger partial charge in [0.2, 0.25) is 0 Å². The van der Waals surface area contributed by atoms with Gasteiger partial charge in [0, 0.05) is 0 Å². The van der Waals surface area contributed by atoms with E-state index in [1.807, 2.05) is 0 Å². The van der Waals surface area contributed by atoms with Crippen LogP contribution in [0.3, 0.4) is 0 Å². The van der Waals surface area contributed by atoms with Crippen molar-refractivity contribution in [2.75, 3.05) is 0 Å². The lowest BCUT2D eigenvalue weighted by atomic mass is 9.96. The van der Waals surface area contributed by atoms with Crippen molar-refractivity contribution in [2.45, 2.75) is 12.8 Å². The van der Waals surface area contributed by atoms with Crippen LogP contribution in [0.1, 0.15) is 12.0 Å². The molecule has 5 heteroatoms. The Hall–Kier alpha value is -1.91. The fourth-order valence-electron chi connectivity index (χ4n) is 1.36. The average molecular weight is 226 g/mol. The smallest absolute Gasteiger partial charge is 0.307 e. The van der Waals surface area contributed by atoms with Gasteiger partial charge in [-0.2, -0.15) is 0 Å². The van der Waals surface area contributed by atoms with Crippen LogP contribution in [0.25, 0.3) is 0 Å². The first kappa shape index (κ1) is 12.2. The number of carboxylic acid groups (broad SMARTS) is 2. The largest absolute Gasteiger partial charge is 0.481 e. The van der Waals surface area contributed by atoms with Gasteiger partial charge in [-0.05, 0) is 24.1 Å². The Kier molecular flexibility index (Phi) is 3.99. The second-order valence-corrected chi connectivity index (χ2v) is 3.46. The van der Waals surface area contributed by atoms with Gasteiger partial charge in [0.15, 0.2) is 0 Å². The highest BCUT2D eigenvalue weighted by molar-refractivity contribution is 5.77. The van der Waals surface area contributed by atoms with Crippen LogP contribution in [0.4, 0.5) is 4.39 Å². The molecule has 86 valence electrons. The van der Waals surface area contributed by atoms with E-state index in [9.17, 15) is 14.0 Å². The highest BCUT2D eigenvalue weighted by Crippen LogP contribution is 2.13. The van der Waals surface area contributed by atoms with Gasteiger partial charge < -0.3 is 10.2 Å². The van der Waals surface area contributed by atoms with Gasteiger partial charge in [0.05, 0.1) is 12.3 Å². The Morgan fingerprint density at radius 2 is 1.75 bits per heavy atom. The minimum Gasteiger partial charge on any atom is -0.481 e. The molecule has 0 amide bonds. The van der Waals surface area contributed by atoms with Crippen molar-refractivity contribution >= 4 is 11.9 Å². The molecule has 4 nitrogen and oxygen atoms in total. The molecule has 0 saturated carbocycles. The zero-order valence-corrected chi connectivity index (χ0v) is 8.39. The quantitative estimate of drug-likeness (QED) is 0.798. The minimum atomic E-state index is -1.16. The maximum atomic E-state index is 12.6. The summed E-state index contributed by atoms with van der Waals surface area (Å²) in [4.78, 5) is 21.2. The molecule has 0 heterocycles. The zero-order valence-electron chi connectivity index (χ0n) is 8.39. The number of benzene rings is 1. The summed E-state index contributed by atoms with van der Waals surface area (Å²) in [5.41, 5.74) is 0.607. The molecular formula is C11H11FO4. The molecule has 0 aromatic heterocycles. The number of halogens is 1. The molecule has 1 aromatic rings. The van der Waals surface area contributed by atoms with Gasteiger partial charge in [-0.25, -0.2) is 4.39 Å². The van der Waals surface area contributed by atoms with Crippen molar-refractivity contribution in [1.82, 2.24) is 0 Å². The van der Waals surface area contributed by atoms with E-state index >= 15 is 0 Å². The Bertz CT molecular complexity index is 385. The topological polar surface area (TPSA) is 74.6 Å². The van der Waals surface area contributed by atoms with E-state index in [0.717, 1.165) is 0 Å². The van der Waals surface area contributed by atoms with E-state index in [1.165, 1.54) is 24.3 Å². The molecule has 0 aliphatic rings.